The first-order chi connectivity index (χ1) is 19.8. The Kier molecular flexibility index (Phi) is 7.91. The molecule has 0 aliphatic carbocycles. The summed E-state index contributed by atoms with van der Waals surface area (Å²) in [6.07, 6.45) is 5.54. The zero-order valence-corrected chi connectivity index (χ0v) is 25.1. The van der Waals surface area contributed by atoms with Crippen LogP contribution in [-0.4, -0.2) is 90.3 Å². The fourth-order valence-corrected chi connectivity index (χ4v) is 7.08. The molecule has 2 fully saturated rings. The first-order valence-electron chi connectivity index (χ1n) is 14.2. The number of rotatable bonds is 7. The summed E-state index contributed by atoms with van der Waals surface area (Å²) in [5.41, 5.74) is 3.80. The third-order valence-electron chi connectivity index (χ3n) is 8.35. The number of likely N-dealkylation sites (N-methyl/N-ethyl adjacent to an activating group) is 1. The van der Waals surface area contributed by atoms with E-state index in [2.05, 4.69) is 44.2 Å². The summed E-state index contributed by atoms with van der Waals surface area (Å²) in [4.78, 5) is 16.6. The maximum atomic E-state index is 12.8. The van der Waals surface area contributed by atoms with E-state index in [1.165, 1.54) is 35.6 Å². The number of piperidine rings is 1. The van der Waals surface area contributed by atoms with Gasteiger partial charge in [0.25, 0.3) is 0 Å². The van der Waals surface area contributed by atoms with Crippen molar-refractivity contribution in [2.45, 2.75) is 25.8 Å². The molecule has 2 aromatic carbocycles. The monoisotopic (exact) mass is 593 g/mol. The van der Waals surface area contributed by atoms with E-state index in [4.69, 9.17) is 16.6 Å². The van der Waals surface area contributed by atoms with Gasteiger partial charge in [0.1, 0.15) is 0 Å². The lowest BCUT2D eigenvalue weighted by Gasteiger charge is -2.42. The zero-order valence-electron chi connectivity index (χ0n) is 23.5. The molecule has 2 aliphatic rings. The van der Waals surface area contributed by atoms with Crippen molar-refractivity contribution in [3.8, 4) is 11.3 Å². The van der Waals surface area contributed by atoms with Crippen LogP contribution in [0.25, 0.3) is 22.2 Å². The standard InChI is InChI=1S/C30H36ClN7O2S/c1-3-41(39,40)38-21-26(25-6-4-5-7-28(25)38)29-27(31)20-32-30(34-29)33-22-8-10-23(11-9-22)36-14-12-24(13-15-36)37-18-16-35(2)17-19-37/h4-11,20-21,24H,3,12-19H2,1-2H3,(H,32,33,34). The molecular formula is C30H36ClN7O2S. The second kappa shape index (κ2) is 11.6. The van der Waals surface area contributed by atoms with Crippen molar-refractivity contribution in [2.75, 3.05) is 62.3 Å². The van der Waals surface area contributed by atoms with E-state index in [-0.39, 0.29) is 5.75 Å². The molecule has 0 radical (unpaired) electrons. The highest BCUT2D eigenvalue weighted by Gasteiger charge is 2.27. The molecule has 41 heavy (non-hydrogen) atoms. The van der Waals surface area contributed by atoms with Gasteiger partial charge in [-0.2, -0.15) is 0 Å². The molecule has 4 aromatic rings. The zero-order chi connectivity index (χ0) is 28.6. The third-order valence-corrected chi connectivity index (χ3v) is 10.3. The molecule has 0 saturated carbocycles. The van der Waals surface area contributed by atoms with Crippen molar-refractivity contribution in [1.82, 2.24) is 23.7 Å². The number of halogens is 1. The van der Waals surface area contributed by atoms with Crippen LogP contribution in [0, 0.1) is 0 Å². The molecule has 11 heteroatoms. The number of fused-ring (bicyclic) bond motifs is 1. The van der Waals surface area contributed by atoms with Gasteiger partial charge in [0.2, 0.25) is 16.0 Å². The SMILES string of the molecule is CCS(=O)(=O)n1cc(-c2nc(Nc3ccc(N4CCC(N5CCN(C)CC5)CC4)cc3)ncc2Cl)c2ccccc21. The van der Waals surface area contributed by atoms with Crippen molar-refractivity contribution in [2.24, 2.45) is 0 Å². The first kappa shape index (κ1) is 28.0. The van der Waals surface area contributed by atoms with Gasteiger partial charge in [-0.3, -0.25) is 4.90 Å². The highest BCUT2D eigenvalue weighted by atomic mass is 35.5. The van der Waals surface area contributed by atoms with E-state index in [1.807, 2.05) is 30.3 Å². The lowest BCUT2D eigenvalue weighted by atomic mass is 10.0. The molecule has 1 N–H and O–H groups in total. The van der Waals surface area contributed by atoms with Gasteiger partial charge >= 0.3 is 0 Å². The summed E-state index contributed by atoms with van der Waals surface area (Å²) in [6, 6.07) is 16.4. The third kappa shape index (κ3) is 5.79. The molecule has 0 spiro atoms. The molecule has 9 nitrogen and oxygen atoms in total. The van der Waals surface area contributed by atoms with E-state index < -0.39 is 10.0 Å². The molecule has 4 heterocycles. The maximum absolute atomic E-state index is 12.8. The molecular weight excluding hydrogens is 558 g/mol. The maximum Gasteiger partial charge on any atom is 0.238 e. The first-order valence-corrected chi connectivity index (χ1v) is 16.2. The van der Waals surface area contributed by atoms with Crippen molar-refractivity contribution in [1.29, 1.82) is 0 Å². The second-order valence-electron chi connectivity index (χ2n) is 10.9. The van der Waals surface area contributed by atoms with E-state index in [0.717, 1.165) is 37.3 Å². The minimum atomic E-state index is -3.50. The lowest BCUT2D eigenvalue weighted by Crippen LogP contribution is -2.52. The molecule has 0 bridgehead atoms. The second-order valence-corrected chi connectivity index (χ2v) is 13.4. The van der Waals surface area contributed by atoms with Gasteiger partial charge < -0.3 is 15.1 Å². The Morgan fingerprint density at radius 3 is 2.39 bits per heavy atom. The lowest BCUT2D eigenvalue weighted by molar-refractivity contribution is 0.0982. The van der Waals surface area contributed by atoms with Gasteiger partial charge in [-0.05, 0) is 57.1 Å². The quantitative estimate of drug-likeness (QED) is 0.324. The van der Waals surface area contributed by atoms with Crippen LogP contribution in [0.4, 0.5) is 17.3 Å². The van der Waals surface area contributed by atoms with Gasteiger partial charge in [0, 0.05) is 73.8 Å². The number of para-hydroxylation sites is 1. The molecule has 2 aromatic heterocycles. The Bertz CT molecular complexity index is 1620. The highest BCUT2D eigenvalue weighted by Crippen LogP contribution is 2.35. The molecule has 6 rings (SSSR count). The topological polar surface area (TPSA) is 86.6 Å². The Balaban J connectivity index is 1.17. The predicted molar refractivity (Wildman–Crippen MR) is 167 cm³/mol. The molecule has 2 saturated heterocycles. The van der Waals surface area contributed by atoms with E-state index in [1.54, 1.807) is 25.4 Å². The number of nitrogens with one attached hydrogen (secondary N) is 1. The highest BCUT2D eigenvalue weighted by molar-refractivity contribution is 7.90. The smallest absolute Gasteiger partial charge is 0.238 e. The number of anilines is 3. The Labute approximate surface area is 246 Å². The molecule has 2 aliphatic heterocycles. The number of hydrogen-bond acceptors (Lipinski definition) is 8. The largest absolute Gasteiger partial charge is 0.371 e. The Morgan fingerprint density at radius 1 is 0.976 bits per heavy atom. The van der Waals surface area contributed by atoms with Crippen molar-refractivity contribution < 1.29 is 8.42 Å². The van der Waals surface area contributed by atoms with Crippen LogP contribution >= 0.6 is 11.6 Å². The number of nitrogens with zero attached hydrogens (tertiary/aromatic N) is 6. The summed E-state index contributed by atoms with van der Waals surface area (Å²) in [5, 5.41) is 4.40. The van der Waals surface area contributed by atoms with Crippen molar-refractivity contribution >= 4 is 49.9 Å². The van der Waals surface area contributed by atoms with E-state index in [0.29, 0.717) is 33.8 Å². The predicted octanol–water partition coefficient (Wildman–Crippen LogP) is 4.91. The van der Waals surface area contributed by atoms with Crippen LogP contribution in [0.5, 0.6) is 0 Å². The normalized spacial score (nSPS) is 17.8. The minimum Gasteiger partial charge on any atom is -0.371 e. The van der Waals surface area contributed by atoms with Crippen molar-refractivity contribution in [3.05, 3.63) is 65.9 Å². The van der Waals surface area contributed by atoms with E-state index >= 15 is 0 Å². The van der Waals surface area contributed by atoms with Gasteiger partial charge in [0.05, 0.1) is 28.2 Å². The molecule has 0 amide bonds. The minimum absolute atomic E-state index is 0.0142. The number of aromatic nitrogens is 3. The summed E-state index contributed by atoms with van der Waals surface area (Å²) in [6.45, 7) is 8.44. The number of piperazine rings is 1. The fourth-order valence-electron chi connectivity index (χ4n) is 5.89. The average molecular weight is 594 g/mol. The van der Waals surface area contributed by atoms with Crippen LogP contribution in [0.2, 0.25) is 5.02 Å². The summed E-state index contributed by atoms with van der Waals surface area (Å²) in [7, 11) is -1.29. The molecule has 0 unspecified atom stereocenters. The van der Waals surface area contributed by atoms with E-state index in [9.17, 15) is 8.42 Å². The van der Waals surface area contributed by atoms with Crippen LogP contribution in [0.1, 0.15) is 19.8 Å². The molecule has 0 atom stereocenters. The van der Waals surface area contributed by atoms with Crippen LogP contribution in [0.15, 0.2) is 60.9 Å². The average Bonchev–Trinajstić information content (AvgIpc) is 3.40. The number of hydrogen-bond donors (Lipinski definition) is 1. The summed E-state index contributed by atoms with van der Waals surface area (Å²) in [5.74, 6) is 0.375. The van der Waals surface area contributed by atoms with Crippen molar-refractivity contribution in [3.63, 3.8) is 0 Å². The fraction of sp³-hybridized carbons (Fsp3) is 0.400. The Morgan fingerprint density at radius 2 is 1.68 bits per heavy atom. The number of benzene rings is 2. The summed E-state index contributed by atoms with van der Waals surface area (Å²) < 4.78 is 26.9. The molecule has 216 valence electrons. The van der Waals surface area contributed by atoms with Crippen LogP contribution in [0.3, 0.4) is 0 Å². The van der Waals surface area contributed by atoms with Crippen LogP contribution in [-0.2, 0) is 10.0 Å². The summed E-state index contributed by atoms with van der Waals surface area (Å²) >= 11 is 6.54. The van der Waals surface area contributed by atoms with Crippen LogP contribution < -0.4 is 10.2 Å². The Hall–Kier alpha value is -3.18. The van der Waals surface area contributed by atoms with Gasteiger partial charge in [-0.15, -0.1) is 0 Å². The van der Waals surface area contributed by atoms with Gasteiger partial charge in [0.15, 0.2) is 0 Å². The van der Waals surface area contributed by atoms with Gasteiger partial charge in [-0.1, -0.05) is 29.8 Å². The van der Waals surface area contributed by atoms with Gasteiger partial charge in [-0.25, -0.2) is 22.4 Å².